The normalized spacial score (nSPS) is 19.7. The first kappa shape index (κ1) is 32.8. The quantitative estimate of drug-likeness (QED) is 0.181. The smallest absolute Gasteiger partial charge is 0.287 e. The lowest BCUT2D eigenvalue weighted by molar-refractivity contribution is -0.767. The Morgan fingerprint density at radius 1 is 0.978 bits per heavy atom. The van der Waals surface area contributed by atoms with Gasteiger partial charge in [0.05, 0.1) is 0 Å². The van der Waals surface area contributed by atoms with E-state index in [2.05, 4.69) is 123 Å². The fraction of sp³-hybridized carbons (Fsp3) is 0.463. The zero-order chi connectivity index (χ0) is 33.3. The number of aryl methyl sites for hydroxylation is 3. The van der Waals surface area contributed by atoms with E-state index in [9.17, 15) is 5.11 Å². The van der Waals surface area contributed by atoms with Gasteiger partial charge >= 0.3 is 0 Å². The van der Waals surface area contributed by atoms with Gasteiger partial charge in [0.2, 0.25) is 5.52 Å². The molecule has 0 bridgehead atoms. The zero-order valence-corrected chi connectivity index (χ0v) is 30.5. The molecule has 0 saturated heterocycles. The third-order valence-corrected chi connectivity index (χ3v) is 12.2. The molecule has 1 N–H and O–H groups in total. The monoisotopic (exact) mass is 635 g/mol. The average molecular weight is 636 g/mol. The molecule has 2 unspecified atom stereocenters. The van der Waals surface area contributed by atoms with Gasteiger partial charge in [-0.05, 0) is 95.1 Å². The highest BCUT2D eigenvalue weighted by molar-refractivity contribution is 7.23. The van der Waals surface area contributed by atoms with Gasteiger partial charge in [0.1, 0.15) is 10.2 Å². The van der Waals surface area contributed by atoms with E-state index in [4.69, 9.17) is 9.72 Å². The number of fused-ring (bicyclic) bond motifs is 7. The molecule has 0 aliphatic carbocycles. The SMILES string of the molecule is COCCC1(C)c2c(cc(C(C)(C)C)c3ccccc23)-c2c3sc(-c4c(C)cc(C)cc4C)c(C(C)C)c3nc[n+]2C1(C)CCO. The van der Waals surface area contributed by atoms with E-state index < -0.39 is 5.54 Å². The first-order valence-electron chi connectivity index (χ1n) is 16.8. The molecule has 3 heterocycles. The summed E-state index contributed by atoms with van der Waals surface area (Å²) in [5.41, 5.74) is 12.1. The van der Waals surface area contributed by atoms with Crippen molar-refractivity contribution in [3.05, 3.63) is 82.2 Å². The summed E-state index contributed by atoms with van der Waals surface area (Å²) in [6.07, 6.45) is 3.52. The van der Waals surface area contributed by atoms with Gasteiger partial charge in [0, 0.05) is 48.2 Å². The van der Waals surface area contributed by atoms with Crippen molar-refractivity contribution in [1.29, 1.82) is 0 Å². The topological polar surface area (TPSA) is 46.2 Å². The number of aromatic nitrogens is 2. The summed E-state index contributed by atoms with van der Waals surface area (Å²) in [6, 6.07) is 16.1. The number of hydrogen-bond donors (Lipinski definition) is 1. The van der Waals surface area contributed by atoms with Crippen LogP contribution in [0.3, 0.4) is 0 Å². The summed E-state index contributed by atoms with van der Waals surface area (Å²) < 4.78 is 9.45. The molecule has 46 heavy (non-hydrogen) atoms. The molecule has 4 nitrogen and oxygen atoms in total. The maximum atomic E-state index is 10.7. The van der Waals surface area contributed by atoms with E-state index in [0.29, 0.717) is 18.9 Å². The van der Waals surface area contributed by atoms with Crippen molar-refractivity contribution in [2.45, 2.75) is 104 Å². The van der Waals surface area contributed by atoms with Crippen LogP contribution in [0.2, 0.25) is 0 Å². The third kappa shape index (κ3) is 4.76. The fourth-order valence-electron chi connectivity index (χ4n) is 8.52. The Hall–Kier alpha value is -3.12. The van der Waals surface area contributed by atoms with Crippen LogP contribution in [0.5, 0.6) is 0 Å². The van der Waals surface area contributed by atoms with E-state index >= 15 is 0 Å². The van der Waals surface area contributed by atoms with Crippen LogP contribution in [0.25, 0.3) is 42.7 Å². The molecule has 0 radical (unpaired) electrons. The first-order valence-corrected chi connectivity index (χ1v) is 17.6. The second kappa shape index (κ2) is 11.5. The van der Waals surface area contributed by atoms with Gasteiger partial charge in [0.25, 0.3) is 6.33 Å². The van der Waals surface area contributed by atoms with Crippen LogP contribution in [0, 0.1) is 20.8 Å². The fourth-order valence-corrected chi connectivity index (χ4v) is 10.2. The van der Waals surface area contributed by atoms with Gasteiger partial charge in [-0.25, -0.2) is 4.57 Å². The number of thiophene rings is 1. The van der Waals surface area contributed by atoms with Gasteiger partial charge in [-0.3, -0.25) is 0 Å². The van der Waals surface area contributed by atoms with Crippen molar-refractivity contribution in [2.24, 2.45) is 0 Å². The molecular weight excluding hydrogens is 585 g/mol. The lowest BCUT2D eigenvalue weighted by Crippen LogP contribution is -2.68. The lowest BCUT2D eigenvalue weighted by Gasteiger charge is -2.50. The van der Waals surface area contributed by atoms with E-state index in [1.807, 2.05) is 11.3 Å². The Kier molecular flexibility index (Phi) is 8.23. The third-order valence-electron chi connectivity index (χ3n) is 10.9. The summed E-state index contributed by atoms with van der Waals surface area (Å²) >= 11 is 1.90. The highest BCUT2D eigenvalue weighted by Gasteiger charge is 2.56. The summed E-state index contributed by atoms with van der Waals surface area (Å²) in [4.78, 5) is 6.66. The van der Waals surface area contributed by atoms with Crippen molar-refractivity contribution >= 4 is 32.3 Å². The highest BCUT2D eigenvalue weighted by Crippen LogP contribution is 2.56. The Bertz CT molecular complexity index is 1960. The van der Waals surface area contributed by atoms with Crippen LogP contribution in [0.1, 0.15) is 101 Å². The van der Waals surface area contributed by atoms with Crippen molar-refractivity contribution in [2.75, 3.05) is 20.3 Å². The van der Waals surface area contributed by atoms with Gasteiger partial charge in [-0.15, -0.1) is 11.3 Å². The minimum Gasteiger partial charge on any atom is -0.396 e. The van der Waals surface area contributed by atoms with Crippen LogP contribution < -0.4 is 4.57 Å². The summed E-state index contributed by atoms with van der Waals surface area (Å²) in [5.74, 6) is 0.306. The Balaban J connectivity index is 1.85. The second-order valence-electron chi connectivity index (χ2n) is 15.4. The molecule has 2 atom stereocenters. The van der Waals surface area contributed by atoms with Crippen LogP contribution in [-0.4, -0.2) is 30.4 Å². The Morgan fingerprint density at radius 3 is 2.22 bits per heavy atom. The maximum Gasteiger partial charge on any atom is 0.287 e. The van der Waals surface area contributed by atoms with Gasteiger partial charge in [-0.1, -0.05) is 83.5 Å². The Morgan fingerprint density at radius 2 is 1.63 bits per heavy atom. The molecule has 5 aromatic rings. The minimum absolute atomic E-state index is 0.0553. The number of nitrogens with zero attached hydrogens (tertiary/aromatic N) is 2. The number of methoxy groups -OCH3 is 1. The number of benzene rings is 3. The predicted octanol–water partition coefficient (Wildman–Crippen LogP) is 9.82. The number of rotatable bonds is 7. The molecule has 2 aromatic heterocycles. The first-order chi connectivity index (χ1) is 21.7. The van der Waals surface area contributed by atoms with E-state index in [1.165, 1.54) is 70.6 Å². The van der Waals surface area contributed by atoms with Crippen molar-refractivity contribution in [1.82, 2.24) is 4.98 Å². The van der Waals surface area contributed by atoms with Gasteiger partial charge in [0.15, 0.2) is 5.69 Å². The molecule has 0 amide bonds. The van der Waals surface area contributed by atoms with Crippen molar-refractivity contribution in [3.8, 4) is 21.7 Å². The van der Waals surface area contributed by atoms with E-state index in [1.54, 1.807) is 7.11 Å². The molecule has 6 rings (SSSR count). The number of hydrogen-bond acceptors (Lipinski definition) is 4. The standard InChI is InChI=1S/C41H51N2O2S/c1-24(2)32-35-38(46-37(32)33-26(4)20-25(3)21-27(33)5)36-30-22-31(39(6,7)8)28-14-12-13-15-29(28)34(30)40(9,17-19-45-11)41(10,16-18-44)43(36)23-42-35/h12-15,20-24,44H,16-19H2,1-11H3/q+1. The van der Waals surface area contributed by atoms with Crippen LogP contribution >= 0.6 is 11.3 Å². The largest absolute Gasteiger partial charge is 0.396 e. The molecular formula is C41H51N2O2S+. The molecule has 242 valence electrons. The zero-order valence-electron chi connectivity index (χ0n) is 29.7. The second-order valence-corrected chi connectivity index (χ2v) is 16.4. The average Bonchev–Trinajstić information content (AvgIpc) is 3.36. The lowest BCUT2D eigenvalue weighted by atomic mass is 9.59. The molecule has 5 heteroatoms. The van der Waals surface area contributed by atoms with Gasteiger partial charge < -0.3 is 9.84 Å². The van der Waals surface area contributed by atoms with Crippen LogP contribution in [-0.2, 0) is 21.1 Å². The highest BCUT2D eigenvalue weighted by atomic mass is 32.1. The molecule has 0 fully saturated rings. The summed E-state index contributed by atoms with van der Waals surface area (Å²) in [7, 11) is 1.79. The predicted molar refractivity (Wildman–Crippen MR) is 194 cm³/mol. The van der Waals surface area contributed by atoms with Gasteiger partial charge in [-0.2, -0.15) is 0 Å². The Labute approximate surface area is 279 Å². The number of aliphatic hydroxyl groups is 1. The summed E-state index contributed by atoms with van der Waals surface area (Å²) in [6.45, 7) is 23.7. The number of ether oxygens (including phenoxy) is 1. The van der Waals surface area contributed by atoms with E-state index in [0.717, 1.165) is 11.9 Å². The molecule has 1 aliphatic rings. The minimum atomic E-state index is -0.451. The van der Waals surface area contributed by atoms with Crippen LogP contribution in [0.15, 0.2) is 48.8 Å². The van der Waals surface area contributed by atoms with Crippen molar-refractivity contribution in [3.63, 3.8) is 0 Å². The van der Waals surface area contributed by atoms with E-state index in [-0.39, 0.29) is 17.4 Å². The molecule has 0 saturated carbocycles. The molecule has 0 spiro atoms. The number of aliphatic hydroxyl groups excluding tert-OH is 1. The molecule has 3 aromatic carbocycles. The molecule has 1 aliphatic heterocycles. The maximum absolute atomic E-state index is 10.7. The van der Waals surface area contributed by atoms with Crippen LogP contribution in [0.4, 0.5) is 0 Å². The summed E-state index contributed by atoms with van der Waals surface area (Å²) in [5, 5.41) is 13.3. The van der Waals surface area contributed by atoms with Crippen molar-refractivity contribution < 1.29 is 14.4 Å².